The number of hydrogen-bond donors (Lipinski definition) is 2. The summed E-state index contributed by atoms with van der Waals surface area (Å²) in [5, 5.41) is 18.2. The van der Waals surface area contributed by atoms with Crippen molar-refractivity contribution in [3.8, 4) is 0 Å². The van der Waals surface area contributed by atoms with Crippen molar-refractivity contribution in [2.24, 2.45) is 0 Å². The predicted molar refractivity (Wildman–Crippen MR) is 65.2 cm³/mol. The lowest BCUT2D eigenvalue weighted by Crippen LogP contribution is -2.05. The number of hydrogen-bond acceptors (Lipinski definition) is 4. The molecule has 0 aliphatic carbocycles. The number of carbonyl (C=O) groups is 2. The minimum Gasteiger partial charge on any atom is -0.475 e. The smallest absolute Gasteiger partial charge is 0.371 e. The van der Waals surface area contributed by atoms with E-state index in [1.165, 1.54) is 24.3 Å². The number of Topliss-reactive ketones (excluding diaryl/α,β-unsaturated/α-hetero) is 1. The summed E-state index contributed by atoms with van der Waals surface area (Å²) >= 11 is 0. The van der Waals surface area contributed by atoms with Gasteiger partial charge in [0, 0.05) is 12.8 Å². The van der Waals surface area contributed by atoms with Gasteiger partial charge in [-0.25, -0.2) is 4.79 Å². The molecular weight excluding hydrogens is 236 g/mol. The maximum atomic E-state index is 11.0. The van der Waals surface area contributed by atoms with Crippen LogP contribution < -0.4 is 0 Å². The van der Waals surface area contributed by atoms with Gasteiger partial charge in [0.1, 0.15) is 11.5 Å². The average Bonchev–Trinajstić information content (AvgIpc) is 2.82. The SMILES string of the molecule is CCC(=O)CCC(O)/C=C/c1ccc(C(=O)O)o1. The van der Waals surface area contributed by atoms with E-state index in [9.17, 15) is 14.7 Å². The van der Waals surface area contributed by atoms with E-state index in [0.29, 0.717) is 25.0 Å². The zero-order valence-electron chi connectivity index (χ0n) is 10.1. The summed E-state index contributed by atoms with van der Waals surface area (Å²) in [5.74, 6) is -0.823. The first-order valence-corrected chi connectivity index (χ1v) is 5.74. The molecule has 1 aromatic rings. The van der Waals surface area contributed by atoms with Crippen LogP contribution in [-0.2, 0) is 4.79 Å². The molecule has 0 saturated carbocycles. The molecule has 0 aliphatic rings. The van der Waals surface area contributed by atoms with Crippen molar-refractivity contribution in [1.82, 2.24) is 0 Å². The van der Waals surface area contributed by atoms with Crippen LogP contribution in [0.4, 0.5) is 0 Å². The molecule has 5 nitrogen and oxygen atoms in total. The quantitative estimate of drug-likeness (QED) is 0.776. The molecule has 0 saturated heterocycles. The Labute approximate surface area is 105 Å². The number of aliphatic hydroxyl groups excluding tert-OH is 1. The Hall–Kier alpha value is -1.88. The van der Waals surface area contributed by atoms with Crippen LogP contribution in [0.25, 0.3) is 6.08 Å². The normalized spacial score (nSPS) is 12.8. The highest BCUT2D eigenvalue weighted by atomic mass is 16.4. The molecule has 1 aromatic heterocycles. The second-order valence-corrected chi connectivity index (χ2v) is 3.86. The first-order chi connectivity index (χ1) is 8.52. The number of carboxylic acids is 1. The maximum absolute atomic E-state index is 11.0. The summed E-state index contributed by atoms with van der Waals surface area (Å²) in [4.78, 5) is 21.6. The Kier molecular flexibility index (Phi) is 5.32. The fourth-order valence-corrected chi connectivity index (χ4v) is 1.35. The molecule has 98 valence electrons. The van der Waals surface area contributed by atoms with Gasteiger partial charge in [-0.3, -0.25) is 4.79 Å². The van der Waals surface area contributed by atoms with Gasteiger partial charge in [0.05, 0.1) is 6.10 Å². The van der Waals surface area contributed by atoms with Crippen LogP contribution >= 0.6 is 0 Å². The number of rotatable bonds is 7. The molecule has 1 rings (SSSR count). The molecule has 0 aliphatic heterocycles. The third-order valence-electron chi connectivity index (χ3n) is 2.43. The number of aromatic carboxylic acids is 1. The molecule has 0 fully saturated rings. The minimum atomic E-state index is -1.14. The summed E-state index contributed by atoms with van der Waals surface area (Å²) in [7, 11) is 0. The van der Waals surface area contributed by atoms with Gasteiger partial charge in [-0.05, 0) is 24.6 Å². The van der Waals surface area contributed by atoms with Crippen LogP contribution in [0.15, 0.2) is 22.6 Å². The van der Waals surface area contributed by atoms with E-state index < -0.39 is 12.1 Å². The van der Waals surface area contributed by atoms with Crippen LogP contribution in [0.3, 0.4) is 0 Å². The molecule has 0 radical (unpaired) electrons. The van der Waals surface area contributed by atoms with Crippen LogP contribution in [0, 0.1) is 0 Å². The Bertz CT molecular complexity index is 444. The molecule has 0 bridgehead atoms. The number of carbonyl (C=O) groups excluding carboxylic acids is 1. The van der Waals surface area contributed by atoms with Crippen molar-refractivity contribution in [3.05, 3.63) is 29.7 Å². The monoisotopic (exact) mass is 252 g/mol. The highest BCUT2D eigenvalue weighted by Gasteiger charge is 2.08. The fraction of sp³-hybridized carbons (Fsp3) is 0.385. The highest BCUT2D eigenvalue weighted by Crippen LogP contribution is 2.11. The second kappa shape index (κ2) is 6.76. The molecular formula is C13H16O5. The van der Waals surface area contributed by atoms with Gasteiger partial charge in [-0.1, -0.05) is 13.0 Å². The third kappa shape index (κ3) is 4.55. The van der Waals surface area contributed by atoms with Crippen LogP contribution in [0.2, 0.25) is 0 Å². The van der Waals surface area contributed by atoms with E-state index >= 15 is 0 Å². The predicted octanol–water partition coefficient (Wildman–Crippen LogP) is 2.11. The fourth-order valence-electron chi connectivity index (χ4n) is 1.35. The van der Waals surface area contributed by atoms with Gasteiger partial charge in [0.15, 0.2) is 0 Å². The molecule has 1 unspecified atom stereocenters. The number of carboxylic acid groups (broad SMARTS) is 1. The van der Waals surface area contributed by atoms with E-state index in [-0.39, 0.29) is 11.5 Å². The lowest BCUT2D eigenvalue weighted by Gasteiger charge is -2.02. The first-order valence-electron chi connectivity index (χ1n) is 5.74. The second-order valence-electron chi connectivity index (χ2n) is 3.86. The van der Waals surface area contributed by atoms with Crippen LogP contribution in [-0.4, -0.2) is 28.1 Å². The summed E-state index contributed by atoms with van der Waals surface area (Å²) in [6, 6.07) is 2.85. The van der Waals surface area contributed by atoms with Crippen molar-refractivity contribution in [1.29, 1.82) is 0 Å². The van der Waals surface area contributed by atoms with Crippen molar-refractivity contribution in [3.63, 3.8) is 0 Å². The first kappa shape index (κ1) is 14.2. The lowest BCUT2D eigenvalue weighted by molar-refractivity contribution is -0.119. The van der Waals surface area contributed by atoms with Gasteiger partial charge in [-0.15, -0.1) is 0 Å². The zero-order valence-corrected chi connectivity index (χ0v) is 10.1. The summed E-state index contributed by atoms with van der Waals surface area (Å²) in [6.45, 7) is 1.78. The lowest BCUT2D eigenvalue weighted by atomic mass is 10.1. The van der Waals surface area contributed by atoms with Crippen LogP contribution in [0.1, 0.15) is 42.5 Å². The Morgan fingerprint density at radius 2 is 2.17 bits per heavy atom. The van der Waals surface area contributed by atoms with E-state index in [1.807, 2.05) is 0 Å². The molecule has 0 spiro atoms. The number of ketones is 1. The van der Waals surface area contributed by atoms with Crippen molar-refractivity contribution in [2.45, 2.75) is 32.3 Å². The topological polar surface area (TPSA) is 87.7 Å². The minimum absolute atomic E-state index is 0.105. The molecule has 0 aromatic carbocycles. The van der Waals surface area contributed by atoms with E-state index in [1.54, 1.807) is 6.92 Å². The number of aliphatic hydroxyl groups is 1. The van der Waals surface area contributed by atoms with E-state index in [4.69, 9.17) is 9.52 Å². The van der Waals surface area contributed by atoms with Crippen LogP contribution in [0.5, 0.6) is 0 Å². The summed E-state index contributed by atoms with van der Waals surface area (Å²) < 4.78 is 4.98. The molecule has 1 atom stereocenters. The van der Waals surface area contributed by atoms with Gasteiger partial charge in [0.25, 0.3) is 0 Å². The molecule has 1 heterocycles. The molecule has 0 amide bonds. The largest absolute Gasteiger partial charge is 0.475 e. The molecule has 5 heteroatoms. The van der Waals surface area contributed by atoms with Gasteiger partial charge in [-0.2, -0.15) is 0 Å². The molecule has 2 N–H and O–H groups in total. The third-order valence-corrected chi connectivity index (χ3v) is 2.43. The maximum Gasteiger partial charge on any atom is 0.371 e. The zero-order chi connectivity index (χ0) is 13.5. The van der Waals surface area contributed by atoms with Crippen molar-refractivity contribution < 1.29 is 24.2 Å². The average molecular weight is 252 g/mol. The standard InChI is InChI=1S/C13H16O5/c1-2-9(14)3-4-10(15)5-6-11-7-8-12(18-11)13(16)17/h5-8,10,15H,2-4H2,1H3,(H,16,17)/b6-5+. The van der Waals surface area contributed by atoms with Gasteiger partial charge in [0.2, 0.25) is 5.76 Å². The van der Waals surface area contributed by atoms with E-state index in [0.717, 1.165) is 0 Å². The number of furan rings is 1. The van der Waals surface area contributed by atoms with Crippen molar-refractivity contribution >= 4 is 17.8 Å². The molecule has 18 heavy (non-hydrogen) atoms. The Morgan fingerprint density at radius 1 is 1.44 bits per heavy atom. The van der Waals surface area contributed by atoms with Gasteiger partial charge < -0.3 is 14.6 Å². The Balaban J connectivity index is 2.47. The van der Waals surface area contributed by atoms with Gasteiger partial charge >= 0.3 is 5.97 Å². The van der Waals surface area contributed by atoms with Crippen molar-refractivity contribution in [2.75, 3.05) is 0 Å². The van der Waals surface area contributed by atoms with E-state index in [2.05, 4.69) is 0 Å². The Morgan fingerprint density at radius 3 is 2.72 bits per heavy atom. The summed E-state index contributed by atoms with van der Waals surface area (Å²) in [5.41, 5.74) is 0. The summed E-state index contributed by atoms with van der Waals surface area (Å²) in [6.07, 6.45) is 3.40. The highest BCUT2D eigenvalue weighted by molar-refractivity contribution is 5.84.